The number of nitrogens with two attached hydrogens (primary N) is 1. The molecule has 1 unspecified atom stereocenters. The first kappa shape index (κ1) is 14.1. The molecule has 0 bridgehead atoms. The first-order valence-electron chi connectivity index (χ1n) is 6.02. The zero-order valence-electron chi connectivity index (χ0n) is 11.1. The monoisotopic (exact) mass is 284 g/mol. The van der Waals surface area contributed by atoms with Crippen molar-refractivity contribution in [2.75, 3.05) is 0 Å². The molecule has 1 heterocycles. The minimum atomic E-state index is -1.42. The van der Waals surface area contributed by atoms with Gasteiger partial charge in [0.15, 0.2) is 11.5 Å². The zero-order chi connectivity index (χ0) is 14.2. The smallest absolute Gasteiger partial charge is 0.198 e. The normalized spacial score (nSPS) is 15.6. The van der Waals surface area contributed by atoms with E-state index in [1.54, 1.807) is 6.07 Å². The van der Waals surface area contributed by atoms with E-state index in [1.807, 2.05) is 20.8 Å². The van der Waals surface area contributed by atoms with E-state index in [2.05, 4.69) is 4.98 Å². The lowest BCUT2D eigenvalue weighted by molar-refractivity contribution is 0.439. The molecule has 2 aromatic rings. The average Bonchev–Trinajstić information content (AvgIpc) is 2.71. The molecule has 4 nitrogen and oxygen atoms in total. The third-order valence-electron chi connectivity index (χ3n) is 3.13. The van der Waals surface area contributed by atoms with Crippen molar-refractivity contribution in [1.82, 2.24) is 4.98 Å². The molecule has 104 valence electrons. The fourth-order valence-corrected chi connectivity index (χ4v) is 2.45. The number of hydrogen-bond donors (Lipinski definition) is 1. The Morgan fingerprint density at radius 1 is 1.53 bits per heavy atom. The Morgan fingerprint density at radius 3 is 2.84 bits per heavy atom. The van der Waals surface area contributed by atoms with Crippen molar-refractivity contribution in [2.24, 2.45) is 5.14 Å². The Kier molecular flexibility index (Phi) is 3.73. The summed E-state index contributed by atoms with van der Waals surface area (Å²) in [6.07, 6.45) is 0.575. The van der Waals surface area contributed by atoms with Gasteiger partial charge in [0.2, 0.25) is 0 Å². The van der Waals surface area contributed by atoms with Gasteiger partial charge in [-0.2, -0.15) is 0 Å². The van der Waals surface area contributed by atoms with Gasteiger partial charge in [-0.25, -0.2) is 13.6 Å². The van der Waals surface area contributed by atoms with Crippen LogP contribution in [0.15, 0.2) is 22.6 Å². The maximum absolute atomic E-state index is 13.1. The highest BCUT2D eigenvalue weighted by molar-refractivity contribution is 7.84. The van der Waals surface area contributed by atoms with Gasteiger partial charge in [0.25, 0.3) is 0 Å². The average molecular weight is 284 g/mol. The minimum absolute atomic E-state index is 0.0436. The summed E-state index contributed by atoms with van der Waals surface area (Å²) in [4.78, 5) is 4.27. The summed E-state index contributed by atoms with van der Waals surface area (Å²) in [6.45, 7) is 5.60. The van der Waals surface area contributed by atoms with Crippen LogP contribution in [-0.4, -0.2) is 13.9 Å². The second kappa shape index (κ2) is 5.02. The topological polar surface area (TPSA) is 69.1 Å². The van der Waals surface area contributed by atoms with Gasteiger partial charge in [-0.15, -0.1) is 0 Å². The van der Waals surface area contributed by atoms with Gasteiger partial charge < -0.3 is 4.42 Å². The van der Waals surface area contributed by atoms with Gasteiger partial charge in [-0.05, 0) is 32.4 Å². The second-order valence-electron chi connectivity index (χ2n) is 5.33. The van der Waals surface area contributed by atoms with E-state index in [0.29, 0.717) is 23.4 Å². The SMILES string of the molecule is C[C@H](CC(C)(C)S(N)=O)c1nc2cc(F)ccc2o1. The van der Waals surface area contributed by atoms with Crippen molar-refractivity contribution in [2.45, 2.75) is 37.9 Å². The lowest BCUT2D eigenvalue weighted by Crippen LogP contribution is -2.33. The quantitative estimate of drug-likeness (QED) is 0.938. The summed E-state index contributed by atoms with van der Waals surface area (Å²) in [7, 11) is -1.42. The van der Waals surface area contributed by atoms with E-state index < -0.39 is 15.7 Å². The molecule has 0 aliphatic carbocycles. The van der Waals surface area contributed by atoms with Gasteiger partial charge in [0.05, 0.1) is 15.7 Å². The van der Waals surface area contributed by atoms with Crippen LogP contribution in [0.4, 0.5) is 4.39 Å². The number of hydrogen-bond acceptors (Lipinski definition) is 3. The Balaban J connectivity index is 2.26. The van der Waals surface area contributed by atoms with Crippen LogP contribution >= 0.6 is 0 Å². The molecule has 1 aromatic heterocycles. The first-order valence-corrected chi connectivity index (χ1v) is 7.23. The molecule has 0 aliphatic rings. The molecule has 0 aliphatic heterocycles. The van der Waals surface area contributed by atoms with Crippen molar-refractivity contribution >= 4 is 22.1 Å². The molecule has 6 heteroatoms. The largest absolute Gasteiger partial charge is 0.440 e. The summed E-state index contributed by atoms with van der Waals surface area (Å²) >= 11 is 0. The molecule has 2 rings (SSSR count). The second-order valence-corrected chi connectivity index (χ2v) is 7.03. The number of rotatable bonds is 4. The summed E-state index contributed by atoms with van der Waals surface area (Å²) in [6, 6.07) is 4.22. The highest BCUT2D eigenvalue weighted by atomic mass is 32.2. The Morgan fingerprint density at radius 2 is 2.21 bits per heavy atom. The summed E-state index contributed by atoms with van der Waals surface area (Å²) in [5.74, 6) is 0.125. The first-order chi connectivity index (χ1) is 8.79. The van der Waals surface area contributed by atoms with Crippen LogP contribution in [0, 0.1) is 5.82 Å². The third kappa shape index (κ3) is 3.01. The highest BCUT2D eigenvalue weighted by Gasteiger charge is 2.28. The van der Waals surface area contributed by atoms with Crippen LogP contribution in [-0.2, 0) is 11.0 Å². The fourth-order valence-electron chi connectivity index (χ4n) is 2.04. The molecule has 0 fully saturated rings. The van der Waals surface area contributed by atoms with E-state index in [9.17, 15) is 8.60 Å². The van der Waals surface area contributed by atoms with E-state index in [-0.39, 0.29) is 11.7 Å². The molecule has 2 atom stereocenters. The van der Waals surface area contributed by atoms with Crippen LogP contribution in [0.2, 0.25) is 0 Å². The van der Waals surface area contributed by atoms with Gasteiger partial charge in [-0.1, -0.05) is 6.92 Å². The van der Waals surface area contributed by atoms with Crippen LogP contribution < -0.4 is 5.14 Å². The fraction of sp³-hybridized carbons (Fsp3) is 0.462. The number of nitrogens with zero attached hydrogens (tertiary/aromatic N) is 1. The molecule has 0 amide bonds. The standard InChI is InChI=1S/C13H17FN2O2S/c1-8(7-13(2,3)19(15)17)12-16-10-6-9(14)4-5-11(10)18-12/h4-6,8H,7,15H2,1-3H3/t8-,19?/m1/s1. The van der Waals surface area contributed by atoms with Crippen LogP contribution in [0.25, 0.3) is 11.1 Å². The number of benzene rings is 1. The Bertz CT molecular complexity index is 624. The van der Waals surface area contributed by atoms with Crippen LogP contribution in [0.3, 0.4) is 0 Å². The third-order valence-corrected chi connectivity index (χ3v) is 4.39. The lowest BCUT2D eigenvalue weighted by atomic mass is 9.98. The maximum atomic E-state index is 13.1. The van der Waals surface area contributed by atoms with Crippen LogP contribution in [0.5, 0.6) is 0 Å². The molecule has 0 spiro atoms. The molecular weight excluding hydrogens is 267 g/mol. The molecule has 1 aromatic carbocycles. The highest BCUT2D eigenvalue weighted by Crippen LogP contribution is 2.30. The predicted molar refractivity (Wildman–Crippen MR) is 73.4 cm³/mol. The van der Waals surface area contributed by atoms with Gasteiger partial charge in [-0.3, -0.25) is 5.14 Å². The van der Waals surface area contributed by atoms with Crippen molar-refractivity contribution < 1.29 is 13.0 Å². The maximum Gasteiger partial charge on any atom is 0.198 e. The van der Waals surface area contributed by atoms with Gasteiger partial charge in [0, 0.05) is 12.0 Å². The minimum Gasteiger partial charge on any atom is -0.440 e. The number of oxazole rings is 1. The molecule has 0 radical (unpaired) electrons. The number of fused-ring (bicyclic) bond motifs is 1. The number of halogens is 1. The zero-order valence-corrected chi connectivity index (χ0v) is 12.0. The van der Waals surface area contributed by atoms with Crippen molar-refractivity contribution in [3.63, 3.8) is 0 Å². The van der Waals surface area contributed by atoms with E-state index >= 15 is 0 Å². The molecule has 0 saturated heterocycles. The number of aromatic nitrogens is 1. The van der Waals surface area contributed by atoms with Crippen molar-refractivity contribution in [3.8, 4) is 0 Å². The van der Waals surface area contributed by atoms with Crippen molar-refractivity contribution in [1.29, 1.82) is 0 Å². The van der Waals surface area contributed by atoms with E-state index in [0.717, 1.165) is 0 Å². The lowest BCUT2D eigenvalue weighted by Gasteiger charge is -2.23. The van der Waals surface area contributed by atoms with Gasteiger partial charge >= 0.3 is 0 Å². The van der Waals surface area contributed by atoms with Crippen LogP contribution in [0.1, 0.15) is 39.0 Å². The van der Waals surface area contributed by atoms with E-state index in [4.69, 9.17) is 9.56 Å². The van der Waals surface area contributed by atoms with Crippen molar-refractivity contribution in [3.05, 3.63) is 29.9 Å². The molecule has 0 saturated carbocycles. The summed E-state index contributed by atoms with van der Waals surface area (Å²) in [5.41, 5.74) is 1.04. The predicted octanol–water partition coefficient (Wildman–Crippen LogP) is 2.86. The summed E-state index contributed by atoms with van der Waals surface area (Å²) in [5, 5.41) is 5.46. The molecular formula is C13H17FN2O2S. The Hall–Kier alpha value is -1.27. The van der Waals surface area contributed by atoms with Gasteiger partial charge in [0.1, 0.15) is 11.3 Å². The summed E-state index contributed by atoms with van der Waals surface area (Å²) < 4.78 is 29.6. The Labute approximate surface area is 113 Å². The molecule has 19 heavy (non-hydrogen) atoms. The van der Waals surface area contributed by atoms with E-state index in [1.165, 1.54) is 12.1 Å². The molecule has 2 N–H and O–H groups in total.